The van der Waals surface area contributed by atoms with Crippen LogP contribution in [0.1, 0.15) is 19.8 Å². The molecule has 0 bridgehead atoms. The molecule has 0 aliphatic heterocycles. The van der Waals surface area contributed by atoms with Crippen LogP contribution >= 0.6 is 11.8 Å². The van der Waals surface area contributed by atoms with E-state index in [1.807, 2.05) is 35.8 Å². The van der Waals surface area contributed by atoms with E-state index in [4.69, 9.17) is 4.74 Å². The first kappa shape index (κ1) is 17.5. The van der Waals surface area contributed by atoms with Crippen molar-refractivity contribution < 1.29 is 9.53 Å². The fourth-order valence-corrected chi connectivity index (χ4v) is 3.32. The second kappa shape index (κ2) is 7.74. The van der Waals surface area contributed by atoms with Crippen LogP contribution in [0.5, 0.6) is 5.75 Å². The number of ether oxygens (including phenoxy) is 1. The minimum atomic E-state index is -0.237. The van der Waals surface area contributed by atoms with Gasteiger partial charge >= 0.3 is 0 Å². The minimum Gasteiger partial charge on any atom is -0.496 e. The van der Waals surface area contributed by atoms with Crippen molar-refractivity contribution in [3.05, 3.63) is 36.9 Å². The number of nitrogens with one attached hydrogen (secondary N) is 1. The Morgan fingerprint density at radius 1 is 1.48 bits per heavy atom. The molecule has 132 valence electrons. The van der Waals surface area contributed by atoms with Crippen LogP contribution in [-0.4, -0.2) is 39.1 Å². The number of carbonyl (C=O) groups excluding carboxylic acids is 1. The lowest BCUT2D eigenvalue weighted by Gasteiger charge is -2.13. The lowest BCUT2D eigenvalue weighted by Crippen LogP contribution is -2.32. The Morgan fingerprint density at radius 2 is 2.24 bits per heavy atom. The normalized spacial score (nSPS) is 14.8. The molecule has 0 spiro atoms. The van der Waals surface area contributed by atoms with Crippen molar-refractivity contribution in [3.8, 4) is 17.1 Å². The number of para-hydroxylation sites is 1. The molecule has 0 unspecified atom stereocenters. The highest BCUT2D eigenvalue weighted by atomic mass is 32.2. The smallest absolute Gasteiger partial charge is 0.233 e. The van der Waals surface area contributed by atoms with Gasteiger partial charge in [0.15, 0.2) is 11.0 Å². The zero-order chi connectivity index (χ0) is 17.8. The van der Waals surface area contributed by atoms with Crippen molar-refractivity contribution in [1.29, 1.82) is 0 Å². The Hall–Kier alpha value is -2.28. The summed E-state index contributed by atoms with van der Waals surface area (Å²) in [4.78, 5) is 12.2. The summed E-state index contributed by atoms with van der Waals surface area (Å²) in [7, 11) is 1.63. The number of nitrogens with zero attached hydrogens (tertiary/aromatic N) is 3. The molecule has 1 atom stereocenters. The second-order valence-electron chi connectivity index (χ2n) is 5.95. The molecule has 0 radical (unpaired) electrons. The van der Waals surface area contributed by atoms with Gasteiger partial charge in [0.2, 0.25) is 5.91 Å². The Kier molecular flexibility index (Phi) is 5.43. The van der Waals surface area contributed by atoms with Crippen molar-refractivity contribution in [1.82, 2.24) is 20.1 Å². The highest BCUT2D eigenvalue weighted by Crippen LogP contribution is 2.32. The predicted octanol–water partition coefficient (Wildman–Crippen LogP) is 2.90. The van der Waals surface area contributed by atoms with Crippen molar-refractivity contribution in [2.24, 2.45) is 0 Å². The molecule has 25 heavy (non-hydrogen) atoms. The van der Waals surface area contributed by atoms with Gasteiger partial charge in [0.1, 0.15) is 5.75 Å². The Balaban J connectivity index is 1.86. The van der Waals surface area contributed by atoms with Gasteiger partial charge in [-0.1, -0.05) is 30.0 Å². The third-order valence-electron chi connectivity index (χ3n) is 3.95. The molecule has 1 aromatic carbocycles. The maximum atomic E-state index is 12.2. The van der Waals surface area contributed by atoms with E-state index in [1.165, 1.54) is 11.8 Å². The molecule has 6 nitrogen and oxygen atoms in total. The highest BCUT2D eigenvalue weighted by Gasteiger charge is 2.27. The standard InChI is InChI=1S/C18H22N4O2S/c1-4-11-22-16(14-7-5-6-8-15(14)24-3)20-21-18(22)25-12(2)17(23)19-13-9-10-13/h4-8,12-13H,1,9-11H2,2-3H3,(H,19,23)/t12-/m1/s1. The number of benzene rings is 1. The summed E-state index contributed by atoms with van der Waals surface area (Å²) in [5.74, 6) is 1.48. The minimum absolute atomic E-state index is 0.0412. The van der Waals surface area contributed by atoms with Crippen LogP contribution < -0.4 is 10.1 Å². The van der Waals surface area contributed by atoms with Gasteiger partial charge < -0.3 is 10.1 Å². The van der Waals surface area contributed by atoms with Crippen molar-refractivity contribution in [3.63, 3.8) is 0 Å². The molecule has 1 heterocycles. The highest BCUT2D eigenvalue weighted by molar-refractivity contribution is 8.00. The van der Waals surface area contributed by atoms with Crippen LogP contribution in [0.3, 0.4) is 0 Å². The lowest BCUT2D eigenvalue weighted by atomic mass is 10.2. The van der Waals surface area contributed by atoms with Gasteiger partial charge in [0.05, 0.1) is 17.9 Å². The molecule has 1 fully saturated rings. The van der Waals surface area contributed by atoms with Crippen LogP contribution in [0.15, 0.2) is 42.1 Å². The number of allylic oxidation sites excluding steroid dienone is 1. The van der Waals surface area contributed by atoms with Gasteiger partial charge in [-0.3, -0.25) is 9.36 Å². The maximum absolute atomic E-state index is 12.2. The second-order valence-corrected chi connectivity index (χ2v) is 7.26. The molecular weight excluding hydrogens is 336 g/mol. The van der Waals surface area contributed by atoms with E-state index in [0.29, 0.717) is 23.6 Å². The molecule has 1 aliphatic carbocycles. The Labute approximate surface area is 151 Å². The monoisotopic (exact) mass is 358 g/mol. The van der Waals surface area contributed by atoms with Gasteiger partial charge in [-0.05, 0) is 31.9 Å². The third-order valence-corrected chi connectivity index (χ3v) is 5.03. The number of amides is 1. The first-order chi connectivity index (χ1) is 12.1. The molecular formula is C18H22N4O2S. The van der Waals surface area contributed by atoms with Crippen LogP contribution in [0.25, 0.3) is 11.4 Å². The summed E-state index contributed by atoms with van der Waals surface area (Å²) in [5.41, 5.74) is 0.862. The van der Waals surface area contributed by atoms with E-state index in [-0.39, 0.29) is 11.2 Å². The number of rotatable bonds is 8. The number of hydrogen-bond acceptors (Lipinski definition) is 5. The van der Waals surface area contributed by atoms with Gasteiger partial charge in [-0.25, -0.2) is 0 Å². The van der Waals surface area contributed by atoms with Crippen molar-refractivity contribution >= 4 is 17.7 Å². The molecule has 7 heteroatoms. The van der Waals surface area contributed by atoms with Crippen LogP contribution in [0.2, 0.25) is 0 Å². The average Bonchev–Trinajstić information content (AvgIpc) is 3.36. The first-order valence-electron chi connectivity index (χ1n) is 8.28. The number of thioether (sulfide) groups is 1. The summed E-state index contributed by atoms with van der Waals surface area (Å²) in [6, 6.07) is 8.03. The van der Waals surface area contributed by atoms with Gasteiger partial charge in [0.25, 0.3) is 0 Å². The van der Waals surface area contributed by atoms with E-state index in [2.05, 4.69) is 22.1 Å². The summed E-state index contributed by atoms with van der Waals surface area (Å²) in [6.07, 6.45) is 3.95. The van der Waals surface area contributed by atoms with Gasteiger partial charge in [-0.2, -0.15) is 0 Å². The number of hydrogen-bond donors (Lipinski definition) is 1. The van der Waals surface area contributed by atoms with Gasteiger partial charge in [-0.15, -0.1) is 16.8 Å². The molecule has 1 aromatic heterocycles. The number of aromatic nitrogens is 3. The van der Waals surface area contributed by atoms with Crippen LogP contribution in [0.4, 0.5) is 0 Å². The Morgan fingerprint density at radius 3 is 2.92 bits per heavy atom. The largest absolute Gasteiger partial charge is 0.496 e. The third kappa shape index (κ3) is 4.04. The van der Waals surface area contributed by atoms with E-state index < -0.39 is 0 Å². The molecule has 2 aromatic rings. The number of methoxy groups -OCH3 is 1. The van der Waals surface area contributed by atoms with Crippen molar-refractivity contribution in [2.45, 2.75) is 42.8 Å². The SMILES string of the molecule is C=CCn1c(S[C@H](C)C(=O)NC2CC2)nnc1-c1ccccc1OC. The topological polar surface area (TPSA) is 69.0 Å². The maximum Gasteiger partial charge on any atom is 0.233 e. The fourth-order valence-electron chi connectivity index (χ4n) is 2.46. The predicted molar refractivity (Wildman–Crippen MR) is 98.7 cm³/mol. The summed E-state index contributed by atoms with van der Waals surface area (Å²) < 4.78 is 7.39. The zero-order valence-corrected chi connectivity index (χ0v) is 15.3. The first-order valence-corrected chi connectivity index (χ1v) is 9.16. The van der Waals surface area contributed by atoms with E-state index >= 15 is 0 Å². The number of carbonyl (C=O) groups is 1. The molecule has 1 saturated carbocycles. The summed E-state index contributed by atoms with van der Waals surface area (Å²) in [5, 5.41) is 12.1. The molecule has 1 aliphatic rings. The molecule has 0 saturated heterocycles. The summed E-state index contributed by atoms with van der Waals surface area (Å²) in [6.45, 7) is 6.26. The Bertz CT molecular complexity index is 770. The van der Waals surface area contributed by atoms with Crippen LogP contribution in [0, 0.1) is 0 Å². The average molecular weight is 358 g/mol. The van der Waals surface area contributed by atoms with E-state index in [1.54, 1.807) is 13.2 Å². The lowest BCUT2D eigenvalue weighted by molar-refractivity contribution is -0.120. The van der Waals surface area contributed by atoms with Crippen LogP contribution in [-0.2, 0) is 11.3 Å². The van der Waals surface area contributed by atoms with Crippen molar-refractivity contribution in [2.75, 3.05) is 7.11 Å². The van der Waals surface area contributed by atoms with E-state index in [9.17, 15) is 4.79 Å². The summed E-state index contributed by atoms with van der Waals surface area (Å²) >= 11 is 1.41. The fraction of sp³-hybridized carbons (Fsp3) is 0.389. The van der Waals surface area contributed by atoms with E-state index in [0.717, 1.165) is 24.2 Å². The molecule has 1 N–H and O–H groups in total. The van der Waals surface area contributed by atoms with Gasteiger partial charge in [0, 0.05) is 12.6 Å². The quantitative estimate of drug-likeness (QED) is 0.580. The molecule has 3 rings (SSSR count). The zero-order valence-electron chi connectivity index (χ0n) is 14.4. The molecule has 1 amide bonds.